The lowest BCUT2D eigenvalue weighted by molar-refractivity contribution is -0.107. The van der Waals surface area contributed by atoms with Gasteiger partial charge in [-0.05, 0) is 11.6 Å². The van der Waals surface area contributed by atoms with Crippen LogP contribution in [-0.4, -0.2) is 12.1 Å². The number of aldehydes is 1. The van der Waals surface area contributed by atoms with E-state index in [2.05, 4.69) is 0 Å². The first-order chi connectivity index (χ1) is 7.27. The summed E-state index contributed by atoms with van der Waals surface area (Å²) in [4.78, 5) is 21.5. The molecule has 2 nitrogen and oxygen atoms in total. The highest BCUT2D eigenvalue weighted by Crippen LogP contribution is 2.09. The van der Waals surface area contributed by atoms with E-state index in [4.69, 9.17) is 0 Å². The first kappa shape index (κ1) is 11.4. The van der Waals surface area contributed by atoms with Crippen molar-refractivity contribution in [2.45, 2.75) is 19.8 Å². The van der Waals surface area contributed by atoms with Gasteiger partial charge in [-0.1, -0.05) is 37.3 Å². The van der Waals surface area contributed by atoms with Crippen molar-refractivity contribution in [3.63, 3.8) is 0 Å². The van der Waals surface area contributed by atoms with E-state index in [-0.39, 0.29) is 5.78 Å². The maximum Gasteiger partial charge on any atom is 0.162 e. The SMILES string of the molecule is CCC(=O)c1cccc(C=CCC=O)c1. The summed E-state index contributed by atoms with van der Waals surface area (Å²) in [6.45, 7) is 1.84. The number of carbonyl (C=O) groups excluding carboxylic acids is 2. The van der Waals surface area contributed by atoms with Crippen molar-refractivity contribution < 1.29 is 9.59 Å². The van der Waals surface area contributed by atoms with E-state index >= 15 is 0 Å². The van der Waals surface area contributed by atoms with Gasteiger partial charge in [0.2, 0.25) is 0 Å². The van der Waals surface area contributed by atoms with Gasteiger partial charge in [-0.2, -0.15) is 0 Å². The lowest BCUT2D eigenvalue weighted by atomic mass is 10.1. The number of rotatable bonds is 5. The normalized spacial score (nSPS) is 10.5. The molecule has 0 atom stereocenters. The summed E-state index contributed by atoms with van der Waals surface area (Å²) in [5.41, 5.74) is 1.68. The second-order valence-electron chi connectivity index (χ2n) is 3.21. The molecule has 1 aromatic rings. The molecule has 0 aliphatic carbocycles. The minimum atomic E-state index is 0.139. The maximum absolute atomic E-state index is 11.4. The molecule has 0 aliphatic heterocycles. The highest BCUT2D eigenvalue weighted by molar-refractivity contribution is 5.96. The molecule has 15 heavy (non-hydrogen) atoms. The fraction of sp³-hybridized carbons (Fsp3) is 0.231. The van der Waals surface area contributed by atoms with Crippen LogP contribution in [0.3, 0.4) is 0 Å². The summed E-state index contributed by atoms with van der Waals surface area (Å²) in [7, 11) is 0. The third-order valence-corrected chi connectivity index (χ3v) is 2.07. The van der Waals surface area contributed by atoms with Gasteiger partial charge in [-0.15, -0.1) is 0 Å². The van der Waals surface area contributed by atoms with Crippen LogP contribution in [0.5, 0.6) is 0 Å². The molecule has 0 spiro atoms. The summed E-state index contributed by atoms with van der Waals surface area (Å²) in [6, 6.07) is 7.41. The van der Waals surface area contributed by atoms with Gasteiger partial charge in [0.1, 0.15) is 6.29 Å². The molecule has 2 heteroatoms. The summed E-state index contributed by atoms with van der Waals surface area (Å²) in [5.74, 6) is 0.139. The molecule has 0 unspecified atom stereocenters. The van der Waals surface area contributed by atoms with E-state index in [9.17, 15) is 9.59 Å². The Morgan fingerprint density at radius 3 is 2.87 bits per heavy atom. The number of benzene rings is 1. The van der Waals surface area contributed by atoms with Crippen LogP contribution in [0, 0.1) is 0 Å². The van der Waals surface area contributed by atoms with E-state index < -0.39 is 0 Å². The van der Waals surface area contributed by atoms with Crippen LogP contribution in [0.2, 0.25) is 0 Å². The predicted molar refractivity (Wildman–Crippen MR) is 60.8 cm³/mol. The minimum absolute atomic E-state index is 0.139. The second kappa shape index (κ2) is 5.91. The zero-order valence-electron chi connectivity index (χ0n) is 8.77. The van der Waals surface area contributed by atoms with Crippen molar-refractivity contribution in [1.82, 2.24) is 0 Å². The summed E-state index contributed by atoms with van der Waals surface area (Å²) in [5, 5.41) is 0. The van der Waals surface area contributed by atoms with Gasteiger partial charge in [0, 0.05) is 18.4 Å². The Balaban J connectivity index is 2.82. The Hall–Kier alpha value is -1.70. The molecule has 0 N–H and O–H groups in total. The molecule has 0 fully saturated rings. The number of Topliss-reactive ketones (excluding diaryl/α,β-unsaturated/α-hetero) is 1. The fourth-order valence-electron chi connectivity index (χ4n) is 1.28. The molecular formula is C13H14O2. The fourth-order valence-corrected chi connectivity index (χ4v) is 1.28. The Labute approximate surface area is 89.6 Å². The molecule has 0 radical (unpaired) electrons. The van der Waals surface area contributed by atoms with Gasteiger partial charge in [0.05, 0.1) is 0 Å². The molecule has 0 heterocycles. The van der Waals surface area contributed by atoms with Crippen molar-refractivity contribution in [3.8, 4) is 0 Å². The quantitative estimate of drug-likeness (QED) is 0.543. The van der Waals surface area contributed by atoms with Crippen molar-refractivity contribution in [2.24, 2.45) is 0 Å². The molecule has 0 aromatic heterocycles. The number of carbonyl (C=O) groups is 2. The van der Waals surface area contributed by atoms with Crippen LogP contribution in [0.25, 0.3) is 6.08 Å². The molecule has 0 amide bonds. The standard InChI is InChI=1S/C13H14O2/c1-2-13(15)12-8-5-7-11(10-12)6-3-4-9-14/h3,5-10H,2,4H2,1H3. The summed E-state index contributed by atoms with van der Waals surface area (Å²) < 4.78 is 0. The van der Waals surface area contributed by atoms with Crippen molar-refractivity contribution in [1.29, 1.82) is 0 Å². The number of ketones is 1. The number of hydrogen-bond donors (Lipinski definition) is 0. The molecule has 0 bridgehead atoms. The number of hydrogen-bond acceptors (Lipinski definition) is 2. The van der Waals surface area contributed by atoms with Crippen LogP contribution in [0.1, 0.15) is 35.7 Å². The average Bonchev–Trinajstić information content (AvgIpc) is 2.29. The van der Waals surface area contributed by atoms with Gasteiger partial charge >= 0.3 is 0 Å². The Morgan fingerprint density at radius 2 is 2.20 bits per heavy atom. The molecule has 1 aromatic carbocycles. The minimum Gasteiger partial charge on any atom is -0.303 e. The van der Waals surface area contributed by atoms with E-state index in [1.165, 1.54) is 0 Å². The van der Waals surface area contributed by atoms with E-state index in [1.807, 2.05) is 37.3 Å². The zero-order chi connectivity index (χ0) is 11.1. The van der Waals surface area contributed by atoms with E-state index in [0.29, 0.717) is 12.8 Å². The smallest absolute Gasteiger partial charge is 0.162 e. The van der Waals surface area contributed by atoms with Gasteiger partial charge in [0.25, 0.3) is 0 Å². The van der Waals surface area contributed by atoms with E-state index in [1.54, 1.807) is 6.08 Å². The van der Waals surface area contributed by atoms with Crippen molar-refractivity contribution >= 4 is 18.1 Å². The first-order valence-electron chi connectivity index (χ1n) is 5.01. The lowest BCUT2D eigenvalue weighted by Crippen LogP contribution is -1.95. The van der Waals surface area contributed by atoms with Crippen LogP contribution in [-0.2, 0) is 4.79 Å². The van der Waals surface area contributed by atoms with Crippen LogP contribution >= 0.6 is 0 Å². The largest absolute Gasteiger partial charge is 0.303 e. The Kier molecular flexibility index (Phi) is 4.48. The third-order valence-electron chi connectivity index (χ3n) is 2.07. The topological polar surface area (TPSA) is 34.1 Å². The lowest BCUT2D eigenvalue weighted by Gasteiger charge is -1.99. The third kappa shape index (κ3) is 3.50. The highest BCUT2D eigenvalue weighted by atomic mass is 16.1. The molecule has 0 saturated carbocycles. The first-order valence-corrected chi connectivity index (χ1v) is 5.01. The van der Waals surface area contributed by atoms with Crippen LogP contribution < -0.4 is 0 Å². The molecule has 78 valence electrons. The molecule has 1 rings (SSSR count). The monoisotopic (exact) mass is 202 g/mol. The Morgan fingerprint density at radius 1 is 1.40 bits per heavy atom. The van der Waals surface area contributed by atoms with Crippen molar-refractivity contribution in [2.75, 3.05) is 0 Å². The molecule has 0 saturated heterocycles. The van der Waals surface area contributed by atoms with Gasteiger partial charge in [-0.3, -0.25) is 4.79 Å². The van der Waals surface area contributed by atoms with Gasteiger partial charge < -0.3 is 4.79 Å². The zero-order valence-corrected chi connectivity index (χ0v) is 8.77. The second-order valence-corrected chi connectivity index (χ2v) is 3.21. The van der Waals surface area contributed by atoms with Crippen LogP contribution in [0.4, 0.5) is 0 Å². The van der Waals surface area contributed by atoms with Gasteiger partial charge in [0.15, 0.2) is 5.78 Å². The van der Waals surface area contributed by atoms with E-state index in [0.717, 1.165) is 17.4 Å². The summed E-state index contributed by atoms with van der Waals surface area (Å²) in [6.07, 6.45) is 5.40. The number of allylic oxidation sites excluding steroid dienone is 1. The summed E-state index contributed by atoms with van der Waals surface area (Å²) >= 11 is 0. The predicted octanol–water partition coefficient (Wildman–Crippen LogP) is 2.88. The maximum atomic E-state index is 11.4. The molecular weight excluding hydrogens is 188 g/mol. The van der Waals surface area contributed by atoms with Crippen molar-refractivity contribution in [3.05, 3.63) is 41.5 Å². The Bertz CT molecular complexity index is 378. The molecule has 0 aliphatic rings. The van der Waals surface area contributed by atoms with Crippen LogP contribution in [0.15, 0.2) is 30.3 Å². The van der Waals surface area contributed by atoms with Gasteiger partial charge in [-0.25, -0.2) is 0 Å². The highest BCUT2D eigenvalue weighted by Gasteiger charge is 2.01. The average molecular weight is 202 g/mol.